The number of para-hydroxylation sites is 1. The molecular weight excluding hydrogens is 512 g/mol. The second kappa shape index (κ2) is 11.3. The number of halogens is 4. The van der Waals surface area contributed by atoms with Gasteiger partial charge in [-0.15, -0.1) is 37.1 Å². The van der Waals surface area contributed by atoms with E-state index in [9.17, 15) is 13.2 Å². The first-order chi connectivity index (χ1) is 13.9. The van der Waals surface area contributed by atoms with Crippen molar-refractivity contribution in [1.82, 2.24) is 5.32 Å². The summed E-state index contributed by atoms with van der Waals surface area (Å²) in [5, 5.41) is 3.09. The van der Waals surface area contributed by atoms with Gasteiger partial charge in [-0.1, -0.05) is 30.3 Å². The van der Waals surface area contributed by atoms with Crippen molar-refractivity contribution in [2.45, 2.75) is 19.5 Å². The maximum atomic E-state index is 12.2. The predicted molar refractivity (Wildman–Crippen MR) is 120 cm³/mol. The highest BCUT2D eigenvalue weighted by atomic mass is 127. The lowest BCUT2D eigenvalue weighted by Crippen LogP contribution is -2.37. The zero-order chi connectivity index (χ0) is 20.7. The van der Waals surface area contributed by atoms with Crippen molar-refractivity contribution in [3.05, 3.63) is 59.7 Å². The van der Waals surface area contributed by atoms with E-state index >= 15 is 0 Å². The Morgan fingerprint density at radius 3 is 2.43 bits per heavy atom. The molecule has 1 aliphatic heterocycles. The summed E-state index contributed by atoms with van der Waals surface area (Å²) < 4.78 is 45.8. The molecule has 30 heavy (non-hydrogen) atoms. The number of nitrogens with zero attached hydrogens (tertiary/aromatic N) is 2. The molecule has 0 saturated carbocycles. The molecule has 1 aliphatic rings. The number of hydrogen-bond acceptors (Lipinski definition) is 4. The van der Waals surface area contributed by atoms with Gasteiger partial charge in [0.15, 0.2) is 5.96 Å². The Kier molecular flexibility index (Phi) is 9.03. The van der Waals surface area contributed by atoms with Crippen LogP contribution in [0, 0.1) is 0 Å². The normalized spacial score (nSPS) is 14.8. The van der Waals surface area contributed by atoms with Crippen LogP contribution in [-0.4, -0.2) is 38.6 Å². The fourth-order valence-corrected chi connectivity index (χ4v) is 2.99. The molecule has 1 fully saturated rings. The third-order valence-corrected chi connectivity index (χ3v) is 4.39. The van der Waals surface area contributed by atoms with E-state index < -0.39 is 6.36 Å². The van der Waals surface area contributed by atoms with Gasteiger partial charge in [-0.25, -0.2) is 4.99 Å². The molecule has 164 valence electrons. The van der Waals surface area contributed by atoms with Crippen molar-refractivity contribution in [3.8, 4) is 5.75 Å². The summed E-state index contributed by atoms with van der Waals surface area (Å²) in [6.45, 7) is 3.86. The lowest BCUT2D eigenvalue weighted by atomic mass is 10.1. The van der Waals surface area contributed by atoms with Crippen LogP contribution in [-0.2, 0) is 17.8 Å². The van der Waals surface area contributed by atoms with E-state index in [1.807, 2.05) is 18.2 Å². The van der Waals surface area contributed by atoms with Gasteiger partial charge in [0.25, 0.3) is 0 Å². The van der Waals surface area contributed by atoms with Crippen molar-refractivity contribution < 1.29 is 22.6 Å². The highest BCUT2D eigenvalue weighted by Gasteiger charge is 2.30. The molecule has 10 heteroatoms. The number of guanidine groups is 1. The van der Waals surface area contributed by atoms with Crippen LogP contribution in [0.15, 0.2) is 53.5 Å². The summed E-state index contributed by atoms with van der Waals surface area (Å²) >= 11 is 0. The van der Waals surface area contributed by atoms with Crippen molar-refractivity contribution >= 4 is 35.6 Å². The number of aliphatic imine (C=N–C) groups is 1. The number of anilines is 1. The van der Waals surface area contributed by atoms with Crippen molar-refractivity contribution in [3.63, 3.8) is 0 Å². The molecule has 2 aromatic rings. The summed E-state index contributed by atoms with van der Waals surface area (Å²) in [4.78, 5) is 6.52. The van der Waals surface area contributed by atoms with Crippen LogP contribution in [0.3, 0.4) is 0 Å². The minimum atomic E-state index is -4.70. The number of alkyl halides is 3. The minimum absolute atomic E-state index is 0. The standard InChI is InChI=1S/C20H23F3N4O2.HI/c21-20(22,23)29-17-7-5-15(6-8-17)13-25-19(24)26-14-16-3-1-2-4-18(16)27-9-11-28-12-10-27;/h1-8H,9-14H2,(H3,24,25,26);1H. The lowest BCUT2D eigenvalue weighted by Gasteiger charge is -2.30. The summed E-state index contributed by atoms with van der Waals surface area (Å²) in [7, 11) is 0. The Bertz CT molecular complexity index is 826. The quantitative estimate of drug-likeness (QED) is 0.335. The molecule has 3 N–H and O–H groups in total. The number of nitrogens with one attached hydrogen (secondary N) is 1. The van der Waals surface area contributed by atoms with Crippen LogP contribution in [0.1, 0.15) is 11.1 Å². The van der Waals surface area contributed by atoms with Gasteiger partial charge in [-0.05, 0) is 29.3 Å². The van der Waals surface area contributed by atoms with Crippen molar-refractivity contribution in [2.24, 2.45) is 10.7 Å². The molecule has 0 unspecified atom stereocenters. The summed E-state index contributed by atoms with van der Waals surface area (Å²) in [5.41, 5.74) is 8.90. The van der Waals surface area contributed by atoms with Gasteiger partial charge in [0.1, 0.15) is 5.75 Å². The minimum Gasteiger partial charge on any atom is -0.406 e. The summed E-state index contributed by atoms with van der Waals surface area (Å²) in [6, 6.07) is 13.6. The second-order valence-corrected chi connectivity index (χ2v) is 6.47. The fraction of sp³-hybridized carbons (Fsp3) is 0.350. The van der Waals surface area contributed by atoms with E-state index in [1.54, 1.807) is 0 Å². The second-order valence-electron chi connectivity index (χ2n) is 6.47. The molecule has 0 spiro atoms. The zero-order valence-electron chi connectivity index (χ0n) is 16.2. The Labute approximate surface area is 190 Å². The zero-order valence-corrected chi connectivity index (χ0v) is 18.5. The van der Waals surface area contributed by atoms with Gasteiger partial charge in [-0.3, -0.25) is 0 Å². The van der Waals surface area contributed by atoms with Gasteiger partial charge in [0, 0.05) is 25.3 Å². The predicted octanol–water partition coefficient (Wildman–Crippen LogP) is 3.64. The topological polar surface area (TPSA) is 72.1 Å². The number of rotatable bonds is 6. The third kappa shape index (κ3) is 7.56. The van der Waals surface area contributed by atoms with E-state index in [0.717, 1.165) is 29.9 Å². The Balaban J connectivity index is 0.00000320. The molecule has 3 rings (SSSR count). The first-order valence-electron chi connectivity index (χ1n) is 9.20. The van der Waals surface area contributed by atoms with Gasteiger partial charge in [0.2, 0.25) is 0 Å². The number of ether oxygens (including phenoxy) is 2. The Hall–Kier alpha value is -2.21. The molecule has 0 atom stereocenters. The Morgan fingerprint density at radius 1 is 1.10 bits per heavy atom. The fourth-order valence-electron chi connectivity index (χ4n) is 2.99. The molecule has 0 aliphatic carbocycles. The first-order valence-corrected chi connectivity index (χ1v) is 9.20. The number of benzene rings is 2. The van der Waals surface area contributed by atoms with Crippen LogP contribution in [0.5, 0.6) is 5.75 Å². The largest absolute Gasteiger partial charge is 0.573 e. The van der Waals surface area contributed by atoms with E-state index in [-0.39, 0.29) is 42.2 Å². The lowest BCUT2D eigenvalue weighted by molar-refractivity contribution is -0.274. The van der Waals surface area contributed by atoms with Crippen molar-refractivity contribution in [1.29, 1.82) is 0 Å². The molecule has 0 aromatic heterocycles. The smallest absolute Gasteiger partial charge is 0.406 e. The third-order valence-electron chi connectivity index (χ3n) is 4.39. The van der Waals surface area contributed by atoms with Crippen LogP contribution in [0.4, 0.5) is 18.9 Å². The average molecular weight is 536 g/mol. The number of hydrogen-bond donors (Lipinski definition) is 2. The average Bonchev–Trinajstić information content (AvgIpc) is 2.71. The number of morpholine rings is 1. The van der Waals surface area contributed by atoms with Gasteiger partial charge >= 0.3 is 6.36 Å². The highest BCUT2D eigenvalue weighted by molar-refractivity contribution is 14.0. The molecule has 0 bridgehead atoms. The molecule has 0 amide bonds. The summed E-state index contributed by atoms with van der Waals surface area (Å²) in [6.07, 6.45) is -4.70. The van der Waals surface area contributed by atoms with Gasteiger partial charge < -0.3 is 25.4 Å². The monoisotopic (exact) mass is 536 g/mol. The Morgan fingerprint density at radius 2 is 1.77 bits per heavy atom. The van der Waals surface area contributed by atoms with E-state index in [4.69, 9.17) is 10.5 Å². The summed E-state index contributed by atoms with van der Waals surface area (Å²) in [5.74, 6) is -0.00607. The van der Waals surface area contributed by atoms with Crippen LogP contribution < -0.4 is 20.7 Å². The highest BCUT2D eigenvalue weighted by Crippen LogP contribution is 2.23. The van der Waals surface area contributed by atoms with Crippen LogP contribution >= 0.6 is 24.0 Å². The first kappa shape index (κ1) is 24.1. The maximum Gasteiger partial charge on any atom is 0.573 e. The molecule has 0 radical (unpaired) electrons. The van der Waals surface area contributed by atoms with Crippen molar-refractivity contribution in [2.75, 3.05) is 31.2 Å². The van der Waals surface area contributed by atoms with E-state index in [2.05, 4.69) is 26.0 Å². The molecule has 6 nitrogen and oxygen atoms in total. The van der Waals surface area contributed by atoms with E-state index in [0.29, 0.717) is 19.8 Å². The molecule has 1 saturated heterocycles. The molecular formula is C20H24F3IN4O2. The van der Waals surface area contributed by atoms with E-state index in [1.165, 1.54) is 24.3 Å². The van der Waals surface area contributed by atoms with Gasteiger partial charge in [-0.2, -0.15) is 0 Å². The van der Waals surface area contributed by atoms with Gasteiger partial charge in [0.05, 0.1) is 19.8 Å². The number of nitrogens with two attached hydrogens (primary N) is 1. The SMILES string of the molecule is I.NC(=NCc1ccc(OC(F)(F)F)cc1)NCc1ccccc1N1CCOCC1. The van der Waals surface area contributed by atoms with Crippen LogP contribution in [0.2, 0.25) is 0 Å². The van der Waals surface area contributed by atoms with Crippen LogP contribution in [0.25, 0.3) is 0 Å². The molecule has 1 heterocycles. The molecule has 2 aromatic carbocycles. The maximum absolute atomic E-state index is 12.2.